The standard InChI is InChI=1S/C19H16N6/c1-2-7-15(8-3-1)19(16-9-4-5-10-21-16)24-17-13-20-14-18(23-17)25-12-6-11-22-25/h1-14,19H,(H,23,24)/t19-/m1/s1. The van der Waals surface area contributed by atoms with Gasteiger partial charge in [0.1, 0.15) is 5.82 Å². The molecule has 6 nitrogen and oxygen atoms in total. The average Bonchev–Trinajstić information content (AvgIpc) is 3.23. The van der Waals surface area contributed by atoms with Crippen LogP contribution in [0.1, 0.15) is 17.3 Å². The molecule has 3 heterocycles. The van der Waals surface area contributed by atoms with Gasteiger partial charge in [-0.1, -0.05) is 36.4 Å². The van der Waals surface area contributed by atoms with Crippen molar-refractivity contribution in [1.29, 1.82) is 0 Å². The molecule has 1 N–H and O–H groups in total. The molecule has 0 aliphatic carbocycles. The van der Waals surface area contributed by atoms with Crippen molar-refractivity contribution in [1.82, 2.24) is 24.7 Å². The maximum atomic E-state index is 4.61. The first-order valence-electron chi connectivity index (χ1n) is 7.94. The lowest BCUT2D eigenvalue weighted by atomic mass is 10.0. The van der Waals surface area contributed by atoms with E-state index in [2.05, 4.69) is 37.5 Å². The van der Waals surface area contributed by atoms with E-state index in [0.717, 1.165) is 11.3 Å². The van der Waals surface area contributed by atoms with Crippen molar-refractivity contribution in [3.05, 3.63) is 96.8 Å². The first-order chi connectivity index (χ1) is 12.4. The zero-order chi connectivity index (χ0) is 16.9. The van der Waals surface area contributed by atoms with Crippen molar-refractivity contribution in [2.45, 2.75) is 6.04 Å². The Morgan fingerprint density at radius 2 is 1.76 bits per heavy atom. The number of anilines is 1. The molecule has 0 fully saturated rings. The molecular weight excluding hydrogens is 312 g/mol. The number of hydrogen-bond acceptors (Lipinski definition) is 5. The summed E-state index contributed by atoms with van der Waals surface area (Å²) in [6.07, 6.45) is 8.71. The van der Waals surface area contributed by atoms with E-state index in [1.54, 1.807) is 29.5 Å². The van der Waals surface area contributed by atoms with E-state index in [1.807, 2.05) is 48.7 Å². The lowest BCUT2D eigenvalue weighted by molar-refractivity contribution is 0.826. The maximum absolute atomic E-state index is 4.61. The van der Waals surface area contributed by atoms with Crippen LogP contribution >= 0.6 is 0 Å². The zero-order valence-corrected chi connectivity index (χ0v) is 13.4. The summed E-state index contributed by atoms with van der Waals surface area (Å²) in [6.45, 7) is 0. The van der Waals surface area contributed by atoms with Gasteiger partial charge in [0.15, 0.2) is 5.82 Å². The lowest BCUT2D eigenvalue weighted by Crippen LogP contribution is -2.15. The second-order valence-corrected chi connectivity index (χ2v) is 5.46. The number of nitrogens with zero attached hydrogens (tertiary/aromatic N) is 5. The highest BCUT2D eigenvalue weighted by atomic mass is 15.3. The van der Waals surface area contributed by atoms with Gasteiger partial charge < -0.3 is 5.32 Å². The van der Waals surface area contributed by atoms with Crippen LogP contribution in [0.3, 0.4) is 0 Å². The average molecular weight is 328 g/mol. The Morgan fingerprint density at radius 3 is 2.52 bits per heavy atom. The van der Waals surface area contributed by atoms with Crippen molar-refractivity contribution < 1.29 is 0 Å². The fourth-order valence-corrected chi connectivity index (χ4v) is 2.61. The van der Waals surface area contributed by atoms with Crippen LogP contribution in [0.4, 0.5) is 5.82 Å². The van der Waals surface area contributed by atoms with Crippen LogP contribution in [0.5, 0.6) is 0 Å². The Hall–Kier alpha value is -3.54. The van der Waals surface area contributed by atoms with Crippen LogP contribution in [0, 0.1) is 0 Å². The third kappa shape index (κ3) is 3.37. The van der Waals surface area contributed by atoms with Crippen LogP contribution in [-0.2, 0) is 0 Å². The minimum absolute atomic E-state index is 0.121. The van der Waals surface area contributed by atoms with Crippen molar-refractivity contribution >= 4 is 5.82 Å². The third-order valence-corrected chi connectivity index (χ3v) is 3.77. The Labute approximate surface area is 145 Å². The van der Waals surface area contributed by atoms with Crippen molar-refractivity contribution in [2.24, 2.45) is 0 Å². The molecular formula is C19H16N6. The first-order valence-corrected chi connectivity index (χ1v) is 7.94. The highest BCUT2D eigenvalue weighted by molar-refractivity contribution is 5.43. The molecule has 6 heteroatoms. The Morgan fingerprint density at radius 1 is 0.880 bits per heavy atom. The molecule has 4 aromatic rings. The molecule has 0 bridgehead atoms. The van der Waals surface area contributed by atoms with E-state index in [4.69, 9.17) is 0 Å². The SMILES string of the molecule is c1ccc([C@@H](Nc2cncc(-n3cccn3)n2)c2ccccn2)cc1. The number of benzene rings is 1. The van der Waals surface area contributed by atoms with Gasteiger partial charge in [-0.3, -0.25) is 9.97 Å². The number of nitrogens with one attached hydrogen (secondary N) is 1. The third-order valence-electron chi connectivity index (χ3n) is 3.77. The molecule has 1 atom stereocenters. The fraction of sp³-hybridized carbons (Fsp3) is 0.0526. The van der Waals surface area contributed by atoms with Crippen molar-refractivity contribution in [3.63, 3.8) is 0 Å². The summed E-state index contributed by atoms with van der Waals surface area (Å²) < 4.78 is 1.68. The minimum atomic E-state index is -0.121. The Kier molecular flexibility index (Phi) is 4.16. The summed E-state index contributed by atoms with van der Waals surface area (Å²) in [7, 11) is 0. The monoisotopic (exact) mass is 328 g/mol. The van der Waals surface area contributed by atoms with Gasteiger partial charge in [-0.2, -0.15) is 5.10 Å². The number of hydrogen-bond donors (Lipinski definition) is 1. The number of aromatic nitrogens is 5. The molecule has 4 rings (SSSR count). The number of pyridine rings is 1. The Bertz CT molecular complexity index is 883. The summed E-state index contributed by atoms with van der Waals surface area (Å²) >= 11 is 0. The second kappa shape index (κ2) is 6.92. The molecule has 0 aliphatic rings. The van der Waals surface area contributed by atoms with Crippen molar-refractivity contribution in [3.8, 4) is 5.82 Å². The van der Waals surface area contributed by atoms with Crippen LogP contribution < -0.4 is 5.32 Å². The molecule has 0 amide bonds. The van der Waals surface area contributed by atoms with Gasteiger partial charge in [-0.15, -0.1) is 0 Å². The van der Waals surface area contributed by atoms with E-state index in [1.165, 1.54) is 0 Å². The highest BCUT2D eigenvalue weighted by Crippen LogP contribution is 2.24. The molecule has 0 aliphatic heterocycles. The van der Waals surface area contributed by atoms with Crippen LogP contribution in [0.2, 0.25) is 0 Å². The molecule has 3 aromatic heterocycles. The summed E-state index contributed by atoms with van der Waals surface area (Å²) in [5.74, 6) is 1.32. The molecule has 122 valence electrons. The normalized spacial score (nSPS) is 11.8. The maximum Gasteiger partial charge on any atom is 0.173 e. The molecule has 25 heavy (non-hydrogen) atoms. The molecule has 0 radical (unpaired) electrons. The fourth-order valence-electron chi connectivity index (χ4n) is 2.61. The topological polar surface area (TPSA) is 68.5 Å². The van der Waals surface area contributed by atoms with E-state index < -0.39 is 0 Å². The number of rotatable bonds is 5. The lowest BCUT2D eigenvalue weighted by Gasteiger charge is -2.19. The summed E-state index contributed by atoms with van der Waals surface area (Å²) in [4.78, 5) is 13.4. The predicted molar refractivity (Wildman–Crippen MR) is 95.3 cm³/mol. The first kappa shape index (κ1) is 15.0. The highest BCUT2D eigenvalue weighted by Gasteiger charge is 2.16. The zero-order valence-electron chi connectivity index (χ0n) is 13.4. The molecule has 0 saturated heterocycles. The van der Waals surface area contributed by atoms with Gasteiger partial charge in [-0.25, -0.2) is 9.67 Å². The van der Waals surface area contributed by atoms with Gasteiger partial charge >= 0.3 is 0 Å². The van der Waals surface area contributed by atoms with E-state index >= 15 is 0 Å². The van der Waals surface area contributed by atoms with Gasteiger partial charge in [0.2, 0.25) is 0 Å². The van der Waals surface area contributed by atoms with Crippen molar-refractivity contribution in [2.75, 3.05) is 5.32 Å². The smallest absolute Gasteiger partial charge is 0.173 e. The largest absolute Gasteiger partial charge is 0.356 e. The van der Waals surface area contributed by atoms with Crippen LogP contribution in [-0.4, -0.2) is 24.7 Å². The Balaban J connectivity index is 1.69. The van der Waals surface area contributed by atoms with Crippen LogP contribution in [0.15, 0.2) is 85.6 Å². The van der Waals surface area contributed by atoms with E-state index in [0.29, 0.717) is 11.6 Å². The van der Waals surface area contributed by atoms with E-state index in [9.17, 15) is 0 Å². The predicted octanol–water partition coefficient (Wildman–Crippen LogP) is 3.26. The quantitative estimate of drug-likeness (QED) is 0.609. The van der Waals surface area contributed by atoms with Gasteiger partial charge in [0.05, 0.1) is 24.1 Å². The summed E-state index contributed by atoms with van der Waals surface area (Å²) in [5, 5.41) is 7.63. The van der Waals surface area contributed by atoms with Gasteiger partial charge in [-0.05, 0) is 23.8 Å². The van der Waals surface area contributed by atoms with E-state index in [-0.39, 0.29) is 6.04 Å². The van der Waals surface area contributed by atoms with Crippen LogP contribution in [0.25, 0.3) is 5.82 Å². The molecule has 0 spiro atoms. The summed E-state index contributed by atoms with van der Waals surface area (Å²) in [6, 6.07) is 17.8. The molecule has 0 saturated carbocycles. The second-order valence-electron chi connectivity index (χ2n) is 5.46. The summed E-state index contributed by atoms with van der Waals surface area (Å²) in [5.41, 5.74) is 2.02. The molecule has 0 unspecified atom stereocenters. The minimum Gasteiger partial charge on any atom is -0.356 e. The molecule has 1 aromatic carbocycles. The van der Waals surface area contributed by atoms with Gasteiger partial charge in [0.25, 0.3) is 0 Å². The van der Waals surface area contributed by atoms with Gasteiger partial charge in [0, 0.05) is 18.6 Å².